The number of hydrogen-bond donors (Lipinski definition) is 1. The van der Waals surface area contributed by atoms with Gasteiger partial charge in [-0.05, 0) is 35.6 Å². The van der Waals surface area contributed by atoms with Crippen LogP contribution in [-0.2, 0) is 0 Å². The highest BCUT2D eigenvalue weighted by Gasteiger charge is 2.17. The number of fused-ring (bicyclic) bond motifs is 1. The average Bonchev–Trinajstić information content (AvgIpc) is 2.46. The lowest BCUT2D eigenvalue weighted by molar-refractivity contribution is 0.216. The largest absolute Gasteiger partial charge is 0.384 e. The molecule has 1 unspecified atom stereocenters. The number of aromatic nitrogens is 1. The van der Waals surface area contributed by atoms with Crippen LogP contribution in [0.2, 0.25) is 0 Å². The molecule has 0 aliphatic rings. The standard InChI is InChI=1S/C17H14FNO/c1-11-5-6-15(16(18)9-11)17(20)14-4-2-3-12-10-19-8-7-13(12)14/h2-10,17,20H,1H3. The molecule has 2 aromatic carbocycles. The van der Waals surface area contributed by atoms with E-state index in [-0.39, 0.29) is 5.82 Å². The summed E-state index contributed by atoms with van der Waals surface area (Å²) in [6.45, 7) is 1.82. The van der Waals surface area contributed by atoms with E-state index in [2.05, 4.69) is 4.98 Å². The predicted octanol–water partition coefficient (Wildman–Crippen LogP) is 3.76. The van der Waals surface area contributed by atoms with Crippen LogP contribution in [0, 0.1) is 12.7 Å². The molecule has 2 nitrogen and oxygen atoms in total. The second-order valence-corrected chi connectivity index (χ2v) is 4.87. The van der Waals surface area contributed by atoms with Gasteiger partial charge in [0, 0.05) is 23.3 Å². The van der Waals surface area contributed by atoms with Gasteiger partial charge in [-0.2, -0.15) is 0 Å². The van der Waals surface area contributed by atoms with E-state index in [1.54, 1.807) is 24.5 Å². The zero-order valence-electron chi connectivity index (χ0n) is 11.0. The molecule has 3 aromatic rings. The summed E-state index contributed by atoms with van der Waals surface area (Å²) < 4.78 is 14.0. The third-order valence-corrected chi connectivity index (χ3v) is 3.46. The maximum Gasteiger partial charge on any atom is 0.129 e. The molecule has 3 heteroatoms. The number of pyridine rings is 1. The minimum Gasteiger partial charge on any atom is -0.384 e. The van der Waals surface area contributed by atoms with E-state index in [9.17, 15) is 9.50 Å². The molecule has 0 aliphatic carbocycles. The number of nitrogens with zero attached hydrogens (tertiary/aromatic N) is 1. The lowest BCUT2D eigenvalue weighted by Crippen LogP contribution is -2.03. The zero-order chi connectivity index (χ0) is 14.1. The first-order valence-electron chi connectivity index (χ1n) is 6.43. The van der Waals surface area contributed by atoms with Gasteiger partial charge < -0.3 is 5.11 Å². The van der Waals surface area contributed by atoms with Crippen molar-refractivity contribution in [1.29, 1.82) is 0 Å². The lowest BCUT2D eigenvalue weighted by Gasteiger charge is -2.15. The molecule has 1 aromatic heterocycles. The maximum absolute atomic E-state index is 14.0. The first-order chi connectivity index (χ1) is 9.66. The Morgan fingerprint density at radius 3 is 2.75 bits per heavy atom. The van der Waals surface area contributed by atoms with Crippen LogP contribution in [-0.4, -0.2) is 10.1 Å². The van der Waals surface area contributed by atoms with Gasteiger partial charge in [-0.1, -0.05) is 30.3 Å². The summed E-state index contributed by atoms with van der Waals surface area (Å²) in [6, 6.07) is 12.3. The quantitative estimate of drug-likeness (QED) is 0.766. The third kappa shape index (κ3) is 2.17. The lowest BCUT2D eigenvalue weighted by atomic mass is 9.96. The van der Waals surface area contributed by atoms with Crippen molar-refractivity contribution in [2.45, 2.75) is 13.0 Å². The number of halogens is 1. The Morgan fingerprint density at radius 2 is 1.95 bits per heavy atom. The van der Waals surface area contributed by atoms with Crippen LogP contribution in [0.3, 0.4) is 0 Å². The van der Waals surface area contributed by atoms with Crippen molar-refractivity contribution in [1.82, 2.24) is 4.98 Å². The molecule has 0 radical (unpaired) electrons. The number of benzene rings is 2. The fraction of sp³-hybridized carbons (Fsp3) is 0.118. The number of aryl methyl sites for hydroxylation is 1. The maximum atomic E-state index is 14.0. The fourth-order valence-electron chi connectivity index (χ4n) is 2.41. The first-order valence-corrected chi connectivity index (χ1v) is 6.43. The smallest absolute Gasteiger partial charge is 0.129 e. The van der Waals surface area contributed by atoms with Crippen molar-refractivity contribution >= 4 is 10.8 Å². The van der Waals surface area contributed by atoms with E-state index in [4.69, 9.17) is 0 Å². The van der Waals surface area contributed by atoms with E-state index in [0.717, 1.165) is 16.3 Å². The van der Waals surface area contributed by atoms with Crippen molar-refractivity contribution in [3.8, 4) is 0 Å². The second kappa shape index (κ2) is 5.02. The van der Waals surface area contributed by atoms with Crippen LogP contribution in [0.5, 0.6) is 0 Å². The Kier molecular flexibility index (Phi) is 3.20. The van der Waals surface area contributed by atoms with Crippen molar-refractivity contribution in [3.63, 3.8) is 0 Å². The average molecular weight is 267 g/mol. The Morgan fingerprint density at radius 1 is 1.10 bits per heavy atom. The molecular weight excluding hydrogens is 253 g/mol. The molecule has 1 N–H and O–H groups in total. The van der Waals surface area contributed by atoms with Gasteiger partial charge in [-0.25, -0.2) is 4.39 Å². The van der Waals surface area contributed by atoms with E-state index >= 15 is 0 Å². The van der Waals surface area contributed by atoms with E-state index in [1.165, 1.54) is 6.07 Å². The fourth-order valence-corrected chi connectivity index (χ4v) is 2.41. The molecule has 0 bridgehead atoms. The molecule has 1 heterocycles. The molecule has 0 saturated carbocycles. The van der Waals surface area contributed by atoms with Crippen molar-refractivity contribution in [2.24, 2.45) is 0 Å². The summed E-state index contributed by atoms with van der Waals surface area (Å²) in [5.74, 6) is -0.386. The Hall–Kier alpha value is -2.26. The van der Waals surface area contributed by atoms with E-state index in [0.29, 0.717) is 11.1 Å². The van der Waals surface area contributed by atoms with Crippen LogP contribution < -0.4 is 0 Å². The van der Waals surface area contributed by atoms with Crippen LogP contribution in [0.15, 0.2) is 54.9 Å². The highest BCUT2D eigenvalue weighted by atomic mass is 19.1. The van der Waals surface area contributed by atoms with Crippen LogP contribution >= 0.6 is 0 Å². The van der Waals surface area contributed by atoms with Crippen LogP contribution in [0.25, 0.3) is 10.8 Å². The highest BCUT2D eigenvalue weighted by Crippen LogP contribution is 2.30. The minimum atomic E-state index is -0.985. The molecule has 100 valence electrons. The Balaban J connectivity index is 2.15. The molecule has 20 heavy (non-hydrogen) atoms. The molecule has 0 spiro atoms. The normalized spacial score (nSPS) is 12.6. The monoisotopic (exact) mass is 267 g/mol. The Bertz CT molecular complexity index is 765. The number of hydrogen-bond acceptors (Lipinski definition) is 2. The topological polar surface area (TPSA) is 33.1 Å². The van der Waals surface area contributed by atoms with Crippen molar-refractivity contribution < 1.29 is 9.50 Å². The minimum absolute atomic E-state index is 0.292. The van der Waals surface area contributed by atoms with Gasteiger partial charge in [-0.15, -0.1) is 0 Å². The third-order valence-electron chi connectivity index (χ3n) is 3.46. The molecule has 0 fully saturated rings. The second-order valence-electron chi connectivity index (χ2n) is 4.87. The Labute approximate surface area is 116 Å². The molecule has 0 amide bonds. The highest BCUT2D eigenvalue weighted by molar-refractivity contribution is 5.85. The van der Waals surface area contributed by atoms with Gasteiger partial charge >= 0.3 is 0 Å². The van der Waals surface area contributed by atoms with Crippen molar-refractivity contribution in [2.75, 3.05) is 0 Å². The van der Waals surface area contributed by atoms with Gasteiger partial charge in [0.1, 0.15) is 11.9 Å². The number of aliphatic hydroxyl groups excluding tert-OH is 1. The van der Waals surface area contributed by atoms with E-state index in [1.807, 2.05) is 31.2 Å². The zero-order valence-corrected chi connectivity index (χ0v) is 11.0. The van der Waals surface area contributed by atoms with Gasteiger partial charge in [0.2, 0.25) is 0 Å². The summed E-state index contributed by atoms with van der Waals surface area (Å²) >= 11 is 0. The van der Waals surface area contributed by atoms with Crippen molar-refractivity contribution in [3.05, 3.63) is 77.4 Å². The SMILES string of the molecule is Cc1ccc(C(O)c2cccc3cnccc23)c(F)c1. The molecular formula is C17H14FNO. The van der Waals surface area contributed by atoms with E-state index < -0.39 is 6.10 Å². The summed E-state index contributed by atoms with van der Waals surface area (Å²) in [5, 5.41) is 12.3. The number of aliphatic hydroxyl groups is 1. The molecule has 0 saturated heterocycles. The first kappa shape index (κ1) is 12.8. The summed E-state index contributed by atoms with van der Waals surface area (Å²) in [5.41, 5.74) is 1.81. The van der Waals surface area contributed by atoms with Crippen LogP contribution in [0.1, 0.15) is 22.8 Å². The van der Waals surface area contributed by atoms with Gasteiger partial charge in [0.15, 0.2) is 0 Å². The molecule has 3 rings (SSSR count). The number of rotatable bonds is 2. The molecule has 1 atom stereocenters. The molecule has 0 aliphatic heterocycles. The summed E-state index contributed by atoms with van der Waals surface area (Å²) in [6.07, 6.45) is 2.42. The van der Waals surface area contributed by atoms with Crippen LogP contribution in [0.4, 0.5) is 4.39 Å². The van der Waals surface area contributed by atoms with Gasteiger partial charge in [0.05, 0.1) is 0 Å². The summed E-state index contributed by atoms with van der Waals surface area (Å²) in [4.78, 5) is 4.06. The predicted molar refractivity (Wildman–Crippen MR) is 76.9 cm³/mol. The van der Waals surface area contributed by atoms with Gasteiger partial charge in [-0.3, -0.25) is 4.98 Å². The van der Waals surface area contributed by atoms with Gasteiger partial charge in [0.25, 0.3) is 0 Å². The summed E-state index contributed by atoms with van der Waals surface area (Å²) in [7, 11) is 0.